The van der Waals surface area contributed by atoms with E-state index in [1.165, 1.54) is 16.8 Å². The van der Waals surface area contributed by atoms with Crippen LogP contribution >= 0.6 is 0 Å². The van der Waals surface area contributed by atoms with Crippen molar-refractivity contribution in [2.24, 2.45) is 5.73 Å². The number of hydrogen-bond acceptors (Lipinski definition) is 4. The number of anilines is 1. The smallest absolute Gasteiger partial charge is 0.320 e. The highest BCUT2D eigenvalue weighted by Crippen LogP contribution is 2.24. The third-order valence-corrected chi connectivity index (χ3v) is 4.40. The van der Waals surface area contributed by atoms with Crippen molar-refractivity contribution in [3.63, 3.8) is 0 Å². The Morgan fingerprint density at radius 3 is 2.52 bits per heavy atom. The fraction of sp³-hybridized carbons (Fsp3) is 0.562. The molecule has 1 aliphatic rings. The molecule has 5 heteroatoms. The van der Waals surface area contributed by atoms with Gasteiger partial charge in [0.25, 0.3) is 0 Å². The van der Waals surface area contributed by atoms with E-state index in [4.69, 9.17) is 5.73 Å². The standard InChI is InChI=1S/C16H25N3O2/c1-12-4-3-5-14(13(12)2)18-8-10-19(11-9-18)15(6-7-17)16(20)21/h3-5,15H,6-11,17H2,1-2H3,(H,20,21). The molecule has 116 valence electrons. The summed E-state index contributed by atoms with van der Waals surface area (Å²) in [5, 5.41) is 9.31. The largest absolute Gasteiger partial charge is 0.480 e. The van der Waals surface area contributed by atoms with Crippen LogP contribution in [-0.2, 0) is 4.79 Å². The predicted molar refractivity (Wildman–Crippen MR) is 84.8 cm³/mol. The maximum atomic E-state index is 11.3. The van der Waals surface area contributed by atoms with E-state index in [1.54, 1.807) is 0 Å². The maximum Gasteiger partial charge on any atom is 0.320 e. The molecule has 1 fully saturated rings. The summed E-state index contributed by atoms with van der Waals surface area (Å²) in [5.41, 5.74) is 9.39. The van der Waals surface area contributed by atoms with Crippen molar-refractivity contribution < 1.29 is 9.90 Å². The molecule has 1 atom stereocenters. The Morgan fingerprint density at radius 2 is 1.95 bits per heavy atom. The lowest BCUT2D eigenvalue weighted by atomic mass is 10.1. The van der Waals surface area contributed by atoms with E-state index in [2.05, 4.69) is 36.9 Å². The second kappa shape index (κ2) is 6.91. The monoisotopic (exact) mass is 291 g/mol. The van der Waals surface area contributed by atoms with Crippen molar-refractivity contribution in [1.29, 1.82) is 0 Å². The molecule has 1 aromatic rings. The fourth-order valence-corrected chi connectivity index (χ4v) is 2.97. The van der Waals surface area contributed by atoms with Crippen LogP contribution in [0.25, 0.3) is 0 Å². The highest BCUT2D eigenvalue weighted by molar-refractivity contribution is 5.73. The first kappa shape index (κ1) is 15.8. The van der Waals surface area contributed by atoms with Crippen molar-refractivity contribution in [2.45, 2.75) is 26.3 Å². The SMILES string of the molecule is Cc1cccc(N2CCN(C(CCN)C(=O)O)CC2)c1C. The summed E-state index contributed by atoms with van der Waals surface area (Å²) in [6.45, 7) is 7.93. The van der Waals surface area contributed by atoms with Crippen molar-refractivity contribution in [3.8, 4) is 0 Å². The number of carboxylic acid groups (broad SMARTS) is 1. The zero-order valence-electron chi connectivity index (χ0n) is 12.9. The normalized spacial score (nSPS) is 17.8. The minimum absolute atomic E-state index is 0.411. The van der Waals surface area contributed by atoms with Crippen molar-refractivity contribution in [3.05, 3.63) is 29.3 Å². The summed E-state index contributed by atoms with van der Waals surface area (Å²) in [4.78, 5) is 15.7. The van der Waals surface area contributed by atoms with Gasteiger partial charge < -0.3 is 15.7 Å². The van der Waals surface area contributed by atoms with Gasteiger partial charge >= 0.3 is 5.97 Å². The number of carboxylic acids is 1. The van der Waals surface area contributed by atoms with Gasteiger partial charge in [-0.15, -0.1) is 0 Å². The Hall–Kier alpha value is -1.59. The van der Waals surface area contributed by atoms with Crippen molar-refractivity contribution in [2.75, 3.05) is 37.6 Å². The Balaban J connectivity index is 2.02. The van der Waals surface area contributed by atoms with Crippen LogP contribution in [0, 0.1) is 13.8 Å². The third-order valence-electron chi connectivity index (χ3n) is 4.40. The zero-order chi connectivity index (χ0) is 15.4. The molecule has 1 saturated heterocycles. The summed E-state index contributed by atoms with van der Waals surface area (Å²) in [6, 6.07) is 5.90. The lowest BCUT2D eigenvalue weighted by Crippen LogP contribution is -2.53. The molecule has 0 radical (unpaired) electrons. The number of benzene rings is 1. The second-order valence-corrected chi connectivity index (χ2v) is 5.67. The van der Waals surface area contributed by atoms with Crippen LogP contribution in [0.3, 0.4) is 0 Å². The summed E-state index contributed by atoms with van der Waals surface area (Å²) in [5.74, 6) is -0.763. The van der Waals surface area contributed by atoms with Gasteiger partial charge in [0.05, 0.1) is 0 Å². The lowest BCUT2D eigenvalue weighted by molar-refractivity contribution is -0.143. The Labute approximate surface area is 126 Å². The van der Waals surface area contributed by atoms with E-state index in [0.29, 0.717) is 13.0 Å². The van der Waals surface area contributed by atoms with Gasteiger partial charge in [0, 0.05) is 31.9 Å². The molecule has 5 nitrogen and oxygen atoms in total. The van der Waals surface area contributed by atoms with Crippen LogP contribution in [0.5, 0.6) is 0 Å². The predicted octanol–water partition coefficient (Wildman–Crippen LogP) is 1.23. The van der Waals surface area contributed by atoms with Gasteiger partial charge in [0.2, 0.25) is 0 Å². The van der Waals surface area contributed by atoms with E-state index in [0.717, 1.165) is 26.2 Å². The number of aryl methyl sites for hydroxylation is 1. The number of piperazine rings is 1. The number of carbonyl (C=O) groups is 1. The quantitative estimate of drug-likeness (QED) is 0.854. The molecule has 1 aliphatic heterocycles. The minimum atomic E-state index is -0.763. The topological polar surface area (TPSA) is 69.8 Å². The molecular formula is C16H25N3O2. The summed E-state index contributed by atoms with van der Waals surface area (Å²) >= 11 is 0. The number of nitrogens with zero attached hydrogens (tertiary/aromatic N) is 2. The first-order valence-corrected chi connectivity index (χ1v) is 7.52. The van der Waals surface area contributed by atoms with Gasteiger partial charge in [-0.25, -0.2) is 0 Å². The first-order valence-electron chi connectivity index (χ1n) is 7.52. The van der Waals surface area contributed by atoms with Gasteiger partial charge in [-0.05, 0) is 44.0 Å². The summed E-state index contributed by atoms with van der Waals surface area (Å²) in [6.07, 6.45) is 0.513. The molecule has 0 bridgehead atoms. The second-order valence-electron chi connectivity index (χ2n) is 5.67. The van der Waals surface area contributed by atoms with Crippen LogP contribution in [0.1, 0.15) is 17.5 Å². The number of rotatable bonds is 5. The number of aliphatic carboxylic acids is 1. The fourth-order valence-electron chi connectivity index (χ4n) is 2.97. The molecule has 0 aromatic heterocycles. The van der Waals surface area contributed by atoms with E-state index in [9.17, 15) is 9.90 Å². The molecule has 1 unspecified atom stereocenters. The Morgan fingerprint density at radius 1 is 1.29 bits per heavy atom. The van der Waals surface area contributed by atoms with Gasteiger partial charge in [-0.3, -0.25) is 9.69 Å². The number of nitrogens with two attached hydrogens (primary N) is 1. The van der Waals surface area contributed by atoms with E-state index in [-0.39, 0.29) is 0 Å². The van der Waals surface area contributed by atoms with Crippen LogP contribution < -0.4 is 10.6 Å². The van der Waals surface area contributed by atoms with Gasteiger partial charge in [0.1, 0.15) is 6.04 Å². The Kier molecular flexibility index (Phi) is 5.20. The van der Waals surface area contributed by atoms with Crippen LogP contribution in [0.15, 0.2) is 18.2 Å². The van der Waals surface area contributed by atoms with Crippen LogP contribution in [0.4, 0.5) is 5.69 Å². The van der Waals surface area contributed by atoms with Gasteiger partial charge in [0.15, 0.2) is 0 Å². The minimum Gasteiger partial charge on any atom is -0.480 e. The summed E-state index contributed by atoms with van der Waals surface area (Å²) in [7, 11) is 0. The highest BCUT2D eigenvalue weighted by Gasteiger charge is 2.28. The highest BCUT2D eigenvalue weighted by atomic mass is 16.4. The Bertz CT molecular complexity index is 496. The molecule has 0 amide bonds. The average Bonchev–Trinajstić information content (AvgIpc) is 2.48. The van der Waals surface area contributed by atoms with Crippen LogP contribution in [-0.4, -0.2) is 54.7 Å². The average molecular weight is 291 g/mol. The first-order chi connectivity index (χ1) is 10.0. The molecule has 3 N–H and O–H groups in total. The lowest BCUT2D eigenvalue weighted by Gasteiger charge is -2.39. The molecule has 1 aromatic carbocycles. The molecule has 0 spiro atoms. The third kappa shape index (κ3) is 3.54. The molecule has 21 heavy (non-hydrogen) atoms. The van der Waals surface area contributed by atoms with Crippen LogP contribution in [0.2, 0.25) is 0 Å². The van der Waals surface area contributed by atoms with Gasteiger partial charge in [-0.2, -0.15) is 0 Å². The number of hydrogen-bond donors (Lipinski definition) is 2. The maximum absolute atomic E-state index is 11.3. The molecule has 0 saturated carbocycles. The molecular weight excluding hydrogens is 266 g/mol. The van der Waals surface area contributed by atoms with E-state index in [1.807, 2.05) is 4.90 Å². The molecule has 1 heterocycles. The molecule has 0 aliphatic carbocycles. The summed E-state index contributed by atoms with van der Waals surface area (Å²) < 4.78 is 0. The van der Waals surface area contributed by atoms with Gasteiger partial charge in [-0.1, -0.05) is 12.1 Å². The molecule has 2 rings (SSSR count). The van der Waals surface area contributed by atoms with Crippen molar-refractivity contribution in [1.82, 2.24) is 4.90 Å². The van der Waals surface area contributed by atoms with E-state index < -0.39 is 12.0 Å². The zero-order valence-corrected chi connectivity index (χ0v) is 12.9. The van der Waals surface area contributed by atoms with Crippen molar-refractivity contribution >= 4 is 11.7 Å². The van der Waals surface area contributed by atoms with E-state index >= 15 is 0 Å².